The van der Waals surface area contributed by atoms with Crippen molar-refractivity contribution in [3.8, 4) is 17.1 Å². The fraction of sp³-hybridized carbons (Fsp3) is 0.0909. The number of benzene rings is 2. The van der Waals surface area contributed by atoms with Gasteiger partial charge in [-0.3, -0.25) is 14.9 Å². The van der Waals surface area contributed by atoms with Crippen molar-refractivity contribution in [2.45, 2.75) is 6.92 Å². The van der Waals surface area contributed by atoms with E-state index in [0.717, 1.165) is 11.3 Å². The molecule has 0 aliphatic carbocycles. The molecular weight excluding hydrogens is 418 g/mol. The summed E-state index contributed by atoms with van der Waals surface area (Å²) in [5.74, 6) is 0.993. The zero-order valence-corrected chi connectivity index (χ0v) is 17.4. The molecule has 0 spiro atoms. The van der Waals surface area contributed by atoms with E-state index >= 15 is 0 Å². The summed E-state index contributed by atoms with van der Waals surface area (Å²) in [6.07, 6.45) is 1.63. The van der Waals surface area contributed by atoms with Gasteiger partial charge in [0.1, 0.15) is 17.3 Å². The van der Waals surface area contributed by atoms with E-state index in [1.807, 2.05) is 31.2 Å². The number of nitrogens with zero attached hydrogens (tertiary/aromatic N) is 2. The summed E-state index contributed by atoms with van der Waals surface area (Å²) in [7, 11) is 1.43. The molecule has 1 saturated heterocycles. The monoisotopic (exact) mass is 435 g/mol. The number of amides is 1. The van der Waals surface area contributed by atoms with Gasteiger partial charge in [0.15, 0.2) is 5.17 Å². The lowest BCUT2D eigenvalue weighted by Crippen LogP contribution is -2.19. The first-order valence-corrected chi connectivity index (χ1v) is 10.0. The van der Waals surface area contributed by atoms with E-state index in [-0.39, 0.29) is 11.6 Å². The Hall–Kier alpha value is -3.85. The number of aliphatic imine (C=N–C) groups is 1. The molecule has 0 bridgehead atoms. The van der Waals surface area contributed by atoms with Crippen LogP contribution in [0, 0.1) is 17.0 Å². The Kier molecular flexibility index (Phi) is 5.59. The van der Waals surface area contributed by atoms with Crippen LogP contribution < -0.4 is 10.1 Å². The molecule has 31 heavy (non-hydrogen) atoms. The van der Waals surface area contributed by atoms with Crippen molar-refractivity contribution >= 4 is 40.3 Å². The standard InChI is InChI=1S/C22H17N3O5S/c1-13-5-3-4-6-17(13)23-22-24-21(26)20(31-22)12-15-8-10-18(30-15)16-9-7-14(25(27)28)11-19(16)29-2/h3-12H,1-2H3,(H,23,24,26)/b20-12-. The summed E-state index contributed by atoms with van der Waals surface area (Å²) < 4.78 is 11.1. The molecule has 1 aliphatic rings. The molecule has 0 atom stereocenters. The Balaban J connectivity index is 1.58. The summed E-state index contributed by atoms with van der Waals surface area (Å²) in [6.45, 7) is 1.95. The van der Waals surface area contributed by atoms with Gasteiger partial charge in [-0.1, -0.05) is 18.2 Å². The van der Waals surface area contributed by atoms with Crippen molar-refractivity contribution in [1.29, 1.82) is 0 Å². The normalized spacial score (nSPS) is 16.0. The number of nitro groups is 1. The molecular formula is C22H17N3O5S. The summed E-state index contributed by atoms with van der Waals surface area (Å²) in [5.41, 5.74) is 2.30. The van der Waals surface area contributed by atoms with Gasteiger partial charge in [0.25, 0.3) is 11.6 Å². The predicted octanol–water partition coefficient (Wildman–Crippen LogP) is 5.06. The number of amidine groups is 1. The molecule has 156 valence electrons. The first kappa shape index (κ1) is 20.4. The number of ether oxygens (including phenoxy) is 1. The van der Waals surface area contributed by atoms with Gasteiger partial charge in [-0.25, -0.2) is 4.99 Å². The van der Waals surface area contributed by atoms with Gasteiger partial charge in [-0.05, 0) is 48.5 Å². The smallest absolute Gasteiger partial charge is 0.273 e. The van der Waals surface area contributed by atoms with Crippen LogP contribution in [-0.4, -0.2) is 23.1 Å². The van der Waals surface area contributed by atoms with Crippen LogP contribution in [0.5, 0.6) is 5.75 Å². The molecule has 1 aromatic heterocycles. The Labute approximate surface area is 181 Å². The first-order chi connectivity index (χ1) is 14.9. The lowest BCUT2D eigenvalue weighted by atomic mass is 10.1. The molecule has 2 heterocycles. The largest absolute Gasteiger partial charge is 0.496 e. The average molecular weight is 435 g/mol. The highest BCUT2D eigenvalue weighted by Crippen LogP contribution is 2.35. The fourth-order valence-corrected chi connectivity index (χ4v) is 3.80. The molecule has 0 radical (unpaired) electrons. The number of furan rings is 1. The number of hydrogen-bond acceptors (Lipinski definition) is 7. The third kappa shape index (κ3) is 4.36. The van der Waals surface area contributed by atoms with Crippen LogP contribution in [0.3, 0.4) is 0 Å². The van der Waals surface area contributed by atoms with E-state index < -0.39 is 4.92 Å². The minimum absolute atomic E-state index is 0.0750. The summed E-state index contributed by atoms with van der Waals surface area (Å²) in [6, 6.07) is 15.4. The molecule has 0 saturated carbocycles. The van der Waals surface area contributed by atoms with Crippen LogP contribution in [0.25, 0.3) is 17.4 Å². The maximum Gasteiger partial charge on any atom is 0.273 e. The number of carbonyl (C=O) groups is 1. The highest BCUT2D eigenvalue weighted by atomic mass is 32.2. The Bertz CT molecular complexity index is 1250. The maximum atomic E-state index is 12.3. The molecule has 0 unspecified atom stereocenters. The summed E-state index contributed by atoms with van der Waals surface area (Å²) >= 11 is 1.23. The Morgan fingerprint density at radius 3 is 2.74 bits per heavy atom. The quantitative estimate of drug-likeness (QED) is 0.341. The number of nitrogens with one attached hydrogen (secondary N) is 1. The molecule has 4 rings (SSSR count). The third-order valence-corrected chi connectivity index (χ3v) is 5.46. The minimum Gasteiger partial charge on any atom is -0.496 e. The second kappa shape index (κ2) is 8.49. The number of aryl methyl sites for hydroxylation is 1. The van der Waals surface area contributed by atoms with Crippen LogP contribution in [0.1, 0.15) is 11.3 Å². The number of thioether (sulfide) groups is 1. The van der Waals surface area contributed by atoms with Crippen molar-refractivity contribution in [3.63, 3.8) is 0 Å². The molecule has 1 amide bonds. The summed E-state index contributed by atoms with van der Waals surface area (Å²) in [5, 5.41) is 14.2. The van der Waals surface area contributed by atoms with E-state index in [1.165, 1.54) is 31.0 Å². The second-order valence-corrected chi connectivity index (χ2v) is 7.64. The van der Waals surface area contributed by atoms with Gasteiger partial charge in [0, 0.05) is 12.1 Å². The lowest BCUT2D eigenvalue weighted by Gasteiger charge is -2.05. The molecule has 1 fully saturated rings. The minimum atomic E-state index is -0.490. The van der Waals surface area contributed by atoms with Crippen molar-refractivity contribution in [1.82, 2.24) is 5.32 Å². The molecule has 1 aliphatic heterocycles. The highest BCUT2D eigenvalue weighted by molar-refractivity contribution is 8.18. The van der Waals surface area contributed by atoms with Crippen LogP contribution in [-0.2, 0) is 4.79 Å². The van der Waals surface area contributed by atoms with Gasteiger partial charge < -0.3 is 14.5 Å². The zero-order valence-electron chi connectivity index (χ0n) is 16.6. The second-order valence-electron chi connectivity index (χ2n) is 6.61. The fourth-order valence-electron chi connectivity index (χ4n) is 2.98. The van der Waals surface area contributed by atoms with Crippen molar-refractivity contribution in [2.75, 3.05) is 7.11 Å². The van der Waals surface area contributed by atoms with Crippen LogP contribution in [0.4, 0.5) is 11.4 Å². The number of non-ortho nitro benzene ring substituents is 1. The van der Waals surface area contributed by atoms with Gasteiger partial charge >= 0.3 is 0 Å². The number of hydrogen-bond donors (Lipinski definition) is 1. The number of nitro benzene ring substituents is 1. The number of methoxy groups -OCH3 is 1. The van der Waals surface area contributed by atoms with Crippen LogP contribution in [0.15, 0.2) is 68.9 Å². The van der Waals surface area contributed by atoms with E-state index in [9.17, 15) is 14.9 Å². The first-order valence-electron chi connectivity index (χ1n) is 9.22. The third-order valence-electron chi connectivity index (χ3n) is 4.55. The number of rotatable bonds is 5. The Morgan fingerprint density at radius 2 is 2.00 bits per heavy atom. The predicted molar refractivity (Wildman–Crippen MR) is 119 cm³/mol. The zero-order chi connectivity index (χ0) is 22.0. The molecule has 9 heteroatoms. The maximum absolute atomic E-state index is 12.3. The average Bonchev–Trinajstić information content (AvgIpc) is 3.36. The van der Waals surface area contributed by atoms with Crippen molar-refractivity contribution in [3.05, 3.63) is 80.9 Å². The van der Waals surface area contributed by atoms with Crippen LogP contribution in [0.2, 0.25) is 0 Å². The van der Waals surface area contributed by atoms with Crippen molar-refractivity contribution < 1.29 is 18.9 Å². The lowest BCUT2D eigenvalue weighted by molar-refractivity contribution is -0.384. The molecule has 1 N–H and O–H groups in total. The molecule has 8 nitrogen and oxygen atoms in total. The van der Waals surface area contributed by atoms with E-state index in [1.54, 1.807) is 24.3 Å². The van der Waals surface area contributed by atoms with Crippen LogP contribution >= 0.6 is 11.8 Å². The van der Waals surface area contributed by atoms with Gasteiger partial charge in [0.2, 0.25) is 0 Å². The molecule has 2 aromatic carbocycles. The van der Waals surface area contributed by atoms with E-state index in [2.05, 4.69) is 10.3 Å². The van der Waals surface area contributed by atoms with Gasteiger partial charge in [-0.15, -0.1) is 0 Å². The van der Waals surface area contributed by atoms with Gasteiger partial charge in [-0.2, -0.15) is 0 Å². The van der Waals surface area contributed by atoms with E-state index in [4.69, 9.17) is 9.15 Å². The SMILES string of the molecule is COc1cc([N+](=O)[O-])ccc1-c1ccc(/C=C2\SC(=Nc3ccccc3C)NC2=O)o1. The van der Waals surface area contributed by atoms with E-state index in [0.29, 0.717) is 32.9 Å². The Morgan fingerprint density at radius 1 is 1.19 bits per heavy atom. The summed E-state index contributed by atoms with van der Waals surface area (Å²) in [4.78, 5) is 27.8. The van der Waals surface area contributed by atoms with Gasteiger partial charge in [0.05, 0.1) is 34.3 Å². The topological polar surface area (TPSA) is 107 Å². The number of carbonyl (C=O) groups excluding carboxylic acids is 1. The molecule has 3 aromatic rings. The number of para-hydroxylation sites is 1. The van der Waals surface area contributed by atoms with Crippen molar-refractivity contribution in [2.24, 2.45) is 4.99 Å². The highest BCUT2D eigenvalue weighted by Gasteiger charge is 2.24.